The predicted molar refractivity (Wildman–Crippen MR) is 75.0 cm³/mol. The molecule has 0 radical (unpaired) electrons. The average molecular weight is 261 g/mol. The molecule has 1 heterocycles. The Hall–Kier alpha value is -1.81. The molecule has 2 N–H and O–H groups in total. The molecule has 0 saturated carbocycles. The van der Waals surface area contributed by atoms with Crippen LogP contribution in [-0.2, 0) is 4.74 Å². The predicted octanol–water partition coefficient (Wildman–Crippen LogP) is 3.40. The number of nitrogens with two attached hydrogens (primary N) is 1. The molecular formula is C14H15NO2S. The Morgan fingerprint density at radius 2 is 2.00 bits per heavy atom. The number of hydrogen-bond acceptors (Lipinski definition) is 4. The maximum absolute atomic E-state index is 11.8. The molecule has 94 valence electrons. The zero-order valence-corrected chi connectivity index (χ0v) is 11.4. The number of nitrogen functional groups attached to an aromatic ring is 1. The number of anilines is 1. The zero-order chi connectivity index (χ0) is 13.3. The lowest BCUT2D eigenvalue weighted by atomic mass is 9.98. The molecule has 0 amide bonds. The Morgan fingerprint density at radius 3 is 2.61 bits per heavy atom. The van der Waals surface area contributed by atoms with Crippen molar-refractivity contribution in [2.45, 2.75) is 13.8 Å². The van der Waals surface area contributed by atoms with E-state index in [0.717, 1.165) is 16.7 Å². The van der Waals surface area contributed by atoms with E-state index in [2.05, 4.69) is 6.07 Å². The van der Waals surface area contributed by atoms with Crippen LogP contribution in [0.2, 0.25) is 0 Å². The summed E-state index contributed by atoms with van der Waals surface area (Å²) in [5, 5.41) is 2.40. The molecule has 0 atom stereocenters. The number of hydrogen-bond donors (Lipinski definition) is 1. The van der Waals surface area contributed by atoms with Crippen molar-refractivity contribution in [2.75, 3.05) is 12.8 Å². The van der Waals surface area contributed by atoms with Crippen molar-refractivity contribution >= 4 is 22.3 Å². The second-order valence-electron chi connectivity index (χ2n) is 4.20. The minimum absolute atomic E-state index is 0.385. The second kappa shape index (κ2) is 4.82. The van der Waals surface area contributed by atoms with Crippen LogP contribution in [0.15, 0.2) is 23.6 Å². The topological polar surface area (TPSA) is 52.3 Å². The van der Waals surface area contributed by atoms with Gasteiger partial charge in [-0.15, -0.1) is 11.3 Å². The SMILES string of the molecule is COC(=O)c1c(-c2ccc(C)cc2C)csc1N. The summed E-state index contributed by atoms with van der Waals surface area (Å²) in [6.07, 6.45) is 0. The van der Waals surface area contributed by atoms with Gasteiger partial charge in [-0.05, 0) is 25.0 Å². The van der Waals surface area contributed by atoms with Gasteiger partial charge in [0.15, 0.2) is 0 Å². The lowest BCUT2D eigenvalue weighted by Crippen LogP contribution is -2.04. The summed E-state index contributed by atoms with van der Waals surface area (Å²) in [6, 6.07) is 6.13. The minimum atomic E-state index is -0.385. The van der Waals surface area contributed by atoms with Gasteiger partial charge in [-0.2, -0.15) is 0 Å². The maximum Gasteiger partial charge on any atom is 0.341 e. The molecule has 0 aliphatic rings. The smallest absolute Gasteiger partial charge is 0.341 e. The minimum Gasteiger partial charge on any atom is -0.465 e. The molecule has 0 aliphatic carbocycles. The van der Waals surface area contributed by atoms with E-state index in [1.807, 2.05) is 31.4 Å². The number of esters is 1. The largest absolute Gasteiger partial charge is 0.465 e. The first kappa shape index (κ1) is 12.6. The van der Waals surface area contributed by atoms with Crippen molar-refractivity contribution < 1.29 is 9.53 Å². The number of ether oxygens (including phenoxy) is 1. The summed E-state index contributed by atoms with van der Waals surface area (Å²) in [5.74, 6) is -0.385. The Balaban J connectivity index is 2.61. The normalized spacial score (nSPS) is 10.4. The maximum atomic E-state index is 11.8. The van der Waals surface area contributed by atoms with Crippen LogP contribution in [0, 0.1) is 13.8 Å². The Kier molecular flexibility index (Phi) is 3.39. The molecule has 2 aromatic rings. The first-order valence-electron chi connectivity index (χ1n) is 5.57. The number of thiophene rings is 1. The van der Waals surface area contributed by atoms with Crippen LogP contribution < -0.4 is 5.73 Å². The highest BCUT2D eigenvalue weighted by molar-refractivity contribution is 7.15. The van der Waals surface area contributed by atoms with E-state index >= 15 is 0 Å². The molecule has 1 aromatic carbocycles. The van der Waals surface area contributed by atoms with E-state index < -0.39 is 0 Å². The summed E-state index contributed by atoms with van der Waals surface area (Å²) in [4.78, 5) is 11.8. The van der Waals surface area contributed by atoms with E-state index in [4.69, 9.17) is 10.5 Å². The summed E-state index contributed by atoms with van der Waals surface area (Å²) in [6.45, 7) is 4.07. The van der Waals surface area contributed by atoms with E-state index in [9.17, 15) is 4.79 Å². The first-order valence-corrected chi connectivity index (χ1v) is 6.45. The van der Waals surface area contributed by atoms with E-state index in [1.165, 1.54) is 24.0 Å². The number of carbonyl (C=O) groups excluding carboxylic acids is 1. The summed E-state index contributed by atoms with van der Waals surface area (Å²) >= 11 is 1.36. The molecule has 4 heteroatoms. The third-order valence-electron chi connectivity index (χ3n) is 2.88. The standard InChI is InChI=1S/C14H15NO2S/c1-8-4-5-10(9(2)6-8)11-7-18-13(15)12(11)14(16)17-3/h4-7H,15H2,1-3H3. The van der Waals surface area contributed by atoms with Crippen LogP contribution >= 0.6 is 11.3 Å². The fourth-order valence-corrected chi connectivity index (χ4v) is 2.80. The van der Waals surface area contributed by atoms with Crippen molar-refractivity contribution in [3.05, 3.63) is 40.3 Å². The van der Waals surface area contributed by atoms with Crippen LogP contribution in [0.5, 0.6) is 0 Å². The van der Waals surface area contributed by atoms with E-state index in [1.54, 1.807) is 0 Å². The van der Waals surface area contributed by atoms with E-state index in [0.29, 0.717) is 10.6 Å². The Bertz CT molecular complexity index is 602. The molecule has 0 bridgehead atoms. The van der Waals surface area contributed by atoms with Gasteiger partial charge in [0.1, 0.15) is 10.6 Å². The van der Waals surface area contributed by atoms with Crippen LogP contribution in [-0.4, -0.2) is 13.1 Å². The molecule has 0 unspecified atom stereocenters. The van der Waals surface area contributed by atoms with Crippen molar-refractivity contribution in [1.82, 2.24) is 0 Å². The molecule has 0 spiro atoms. The molecule has 18 heavy (non-hydrogen) atoms. The van der Waals surface area contributed by atoms with Gasteiger partial charge >= 0.3 is 5.97 Å². The number of aryl methyl sites for hydroxylation is 2. The van der Waals surface area contributed by atoms with Gasteiger partial charge in [0, 0.05) is 10.9 Å². The highest BCUT2D eigenvalue weighted by atomic mass is 32.1. The molecule has 0 saturated heterocycles. The Labute approximate surface area is 110 Å². The molecule has 3 nitrogen and oxygen atoms in total. The van der Waals surface area contributed by atoms with Crippen LogP contribution in [0.1, 0.15) is 21.5 Å². The Morgan fingerprint density at radius 1 is 1.28 bits per heavy atom. The number of methoxy groups -OCH3 is 1. The summed E-state index contributed by atoms with van der Waals surface area (Å²) in [7, 11) is 1.37. The van der Waals surface area contributed by atoms with Gasteiger partial charge < -0.3 is 10.5 Å². The quantitative estimate of drug-likeness (QED) is 0.843. The van der Waals surface area contributed by atoms with Crippen molar-refractivity contribution in [3.63, 3.8) is 0 Å². The number of carbonyl (C=O) groups is 1. The van der Waals surface area contributed by atoms with Gasteiger partial charge in [0.05, 0.1) is 7.11 Å². The van der Waals surface area contributed by atoms with Crippen molar-refractivity contribution in [1.29, 1.82) is 0 Å². The van der Waals surface area contributed by atoms with Crippen LogP contribution in [0.25, 0.3) is 11.1 Å². The van der Waals surface area contributed by atoms with Crippen LogP contribution in [0.4, 0.5) is 5.00 Å². The zero-order valence-electron chi connectivity index (χ0n) is 10.6. The van der Waals surface area contributed by atoms with Gasteiger partial charge in [-0.3, -0.25) is 0 Å². The number of rotatable bonds is 2. The molecular weight excluding hydrogens is 246 g/mol. The highest BCUT2D eigenvalue weighted by Gasteiger charge is 2.20. The van der Waals surface area contributed by atoms with Crippen molar-refractivity contribution in [2.24, 2.45) is 0 Å². The lowest BCUT2D eigenvalue weighted by molar-refractivity contribution is 0.0603. The van der Waals surface area contributed by atoms with Crippen LogP contribution in [0.3, 0.4) is 0 Å². The summed E-state index contributed by atoms with van der Waals surface area (Å²) in [5.41, 5.74) is 10.5. The van der Waals surface area contributed by atoms with Gasteiger partial charge in [-0.1, -0.05) is 23.8 Å². The van der Waals surface area contributed by atoms with Crippen molar-refractivity contribution in [3.8, 4) is 11.1 Å². The fraction of sp³-hybridized carbons (Fsp3) is 0.214. The highest BCUT2D eigenvalue weighted by Crippen LogP contribution is 2.35. The van der Waals surface area contributed by atoms with Gasteiger partial charge in [0.25, 0.3) is 0 Å². The third kappa shape index (κ3) is 2.11. The molecule has 0 aliphatic heterocycles. The number of benzene rings is 1. The first-order chi connectivity index (χ1) is 8.54. The molecule has 0 fully saturated rings. The monoisotopic (exact) mass is 261 g/mol. The fourth-order valence-electron chi connectivity index (χ4n) is 2.00. The van der Waals surface area contributed by atoms with Gasteiger partial charge in [0.2, 0.25) is 0 Å². The average Bonchev–Trinajstić information content (AvgIpc) is 2.70. The summed E-state index contributed by atoms with van der Waals surface area (Å²) < 4.78 is 4.79. The van der Waals surface area contributed by atoms with Gasteiger partial charge in [-0.25, -0.2) is 4.79 Å². The lowest BCUT2D eigenvalue weighted by Gasteiger charge is -2.08. The second-order valence-corrected chi connectivity index (χ2v) is 5.11. The molecule has 1 aromatic heterocycles. The van der Waals surface area contributed by atoms with E-state index in [-0.39, 0.29) is 5.97 Å². The molecule has 2 rings (SSSR count). The third-order valence-corrected chi connectivity index (χ3v) is 3.69.